The van der Waals surface area contributed by atoms with Crippen molar-refractivity contribution in [3.8, 4) is 5.75 Å². The van der Waals surface area contributed by atoms with Crippen molar-refractivity contribution in [2.24, 2.45) is 0 Å². The van der Waals surface area contributed by atoms with Crippen LogP contribution in [0.3, 0.4) is 0 Å². The van der Waals surface area contributed by atoms with Crippen LogP contribution in [0.15, 0.2) is 23.1 Å². The number of hydrogen-bond acceptors (Lipinski definition) is 7. The molecule has 102 valence electrons. The van der Waals surface area contributed by atoms with Crippen LogP contribution in [0.1, 0.15) is 5.82 Å². The fourth-order valence-corrected chi connectivity index (χ4v) is 3.32. The van der Waals surface area contributed by atoms with Crippen molar-refractivity contribution in [1.82, 2.24) is 9.36 Å². The highest BCUT2D eigenvalue weighted by Gasteiger charge is 2.19. The quantitative estimate of drug-likeness (QED) is 0.823. The Labute approximate surface area is 114 Å². The summed E-state index contributed by atoms with van der Waals surface area (Å²) in [5, 5.41) is 0.202. The van der Waals surface area contributed by atoms with Crippen LogP contribution in [0.5, 0.6) is 5.75 Å². The number of aryl methyl sites for hydroxylation is 1. The van der Waals surface area contributed by atoms with Crippen LogP contribution < -0.4 is 15.2 Å². The molecule has 3 N–H and O–H groups in total. The Kier molecular flexibility index (Phi) is 3.58. The maximum atomic E-state index is 12.1. The van der Waals surface area contributed by atoms with E-state index >= 15 is 0 Å². The molecule has 1 aromatic carbocycles. The fourth-order valence-electron chi connectivity index (χ4n) is 1.41. The third-order valence-electron chi connectivity index (χ3n) is 2.26. The molecule has 0 fully saturated rings. The molecule has 0 bridgehead atoms. The van der Waals surface area contributed by atoms with Gasteiger partial charge in [-0.1, -0.05) is 0 Å². The molecule has 19 heavy (non-hydrogen) atoms. The van der Waals surface area contributed by atoms with Gasteiger partial charge < -0.3 is 10.5 Å². The molecular weight excluding hydrogens is 288 g/mol. The van der Waals surface area contributed by atoms with Crippen molar-refractivity contribution in [3.63, 3.8) is 0 Å². The number of nitrogens with zero attached hydrogens (tertiary/aromatic N) is 2. The molecule has 0 saturated heterocycles. The zero-order valence-corrected chi connectivity index (χ0v) is 11.9. The lowest BCUT2D eigenvalue weighted by Gasteiger charge is -2.09. The lowest BCUT2D eigenvalue weighted by Crippen LogP contribution is -2.14. The number of benzene rings is 1. The van der Waals surface area contributed by atoms with Gasteiger partial charge >= 0.3 is 0 Å². The molecule has 7 nitrogen and oxygen atoms in total. The van der Waals surface area contributed by atoms with Gasteiger partial charge in [-0.25, -0.2) is 13.4 Å². The van der Waals surface area contributed by atoms with E-state index in [4.69, 9.17) is 10.5 Å². The van der Waals surface area contributed by atoms with E-state index in [1.54, 1.807) is 6.92 Å². The monoisotopic (exact) mass is 300 g/mol. The number of hydrogen-bond donors (Lipinski definition) is 2. The summed E-state index contributed by atoms with van der Waals surface area (Å²) in [7, 11) is -2.30. The summed E-state index contributed by atoms with van der Waals surface area (Å²) in [6.07, 6.45) is 0. The van der Waals surface area contributed by atoms with Crippen molar-refractivity contribution < 1.29 is 13.2 Å². The SMILES string of the molecule is COc1ccc(S(=O)(=O)Nc2nc(C)ns2)c(N)c1. The lowest BCUT2D eigenvalue weighted by molar-refractivity contribution is 0.414. The Morgan fingerprint density at radius 2 is 2.16 bits per heavy atom. The topological polar surface area (TPSA) is 107 Å². The number of rotatable bonds is 4. The Morgan fingerprint density at radius 3 is 2.68 bits per heavy atom. The average Bonchev–Trinajstić information content (AvgIpc) is 2.73. The van der Waals surface area contributed by atoms with E-state index in [1.807, 2.05) is 0 Å². The Bertz CT molecular complexity index is 697. The highest BCUT2D eigenvalue weighted by Crippen LogP contribution is 2.26. The van der Waals surface area contributed by atoms with Gasteiger partial charge in [-0.05, 0) is 19.1 Å². The maximum Gasteiger partial charge on any atom is 0.265 e. The van der Waals surface area contributed by atoms with Crippen molar-refractivity contribution in [2.75, 3.05) is 17.6 Å². The maximum absolute atomic E-state index is 12.1. The van der Waals surface area contributed by atoms with E-state index in [0.29, 0.717) is 11.6 Å². The first kappa shape index (κ1) is 13.6. The molecule has 0 aliphatic heterocycles. The molecule has 2 aromatic rings. The number of ether oxygens (including phenoxy) is 1. The van der Waals surface area contributed by atoms with Gasteiger partial charge in [0.1, 0.15) is 16.5 Å². The van der Waals surface area contributed by atoms with Gasteiger partial charge in [0.05, 0.1) is 12.8 Å². The third-order valence-corrected chi connectivity index (χ3v) is 4.52. The number of nitrogen functional groups attached to an aromatic ring is 1. The minimum absolute atomic E-state index is 0.0267. The summed E-state index contributed by atoms with van der Waals surface area (Å²) < 4.78 is 35.5. The minimum Gasteiger partial charge on any atom is -0.497 e. The standard InChI is InChI=1S/C10H12N4O3S2/c1-6-12-10(18-13-6)14-19(15,16)9-4-3-7(17-2)5-8(9)11/h3-5H,11H2,1-2H3,(H,12,13,14). The molecule has 0 unspecified atom stereocenters. The summed E-state index contributed by atoms with van der Waals surface area (Å²) in [4.78, 5) is 3.91. The number of nitrogens with one attached hydrogen (secondary N) is 1. The molecule has 0 spiro atoms. The second-order valence-corrected chi connectivity index (χ2v) is 6.06. The van der Waals surface area contributed by atoms with E-state index in [-0.39, 0.29) is 15.7 Å². The van der Waals surface area contributed by atoms with Crippen LogP contribution in [-0.4, -0.2) is 24.9 Å². The number of aromatic nitrogens is 2. The van der Waals surface area contributed by atoms with Crippen LogP contribution >= 0.6 is 11.5 Å². The zero-order valence-electron chi connectivity index (χ0n) is 10.2. The molecule has 1 heterocycles. The zero-order chi connectivity index (χ0) is 14.0. The first-order valence-corrected chi connectivity index (χ1v) is 7.44. The molecule has 0 atom stereocenters. The third kappa shape index (κ3) is 2.93. The van der Waals surface area contributed by atoms with E-state index in [9.17, 15) is 8.42 Å². The minimum atomic E-state index is -3.78. The molecule has 0 amide bonds. The van der Waals surface area contributed by atoms with Gasteiger partial charge in [0.15, 0.2) is 0 Å². The highest BCUT2D eigenvalue weighted by molar-refractivity contribution is 7.93. The van der Waals surface area contributed by atoms with Crippen molar-refractivity contribution in [3.05, 3.63) is 24.0 Å². The number of methoxy groups -OCH3 is 1. The van der Waals surface area contributed by atoms with Crippen molar-refractivity contribution >= 4 is 32.4 Å². The van der Waals surface area contributed by atoms with Gasteiger partial charge in [-0.15, -0.1) is 0 Å². The van der Waals surface area contributed by atoms with E-state index < -0.39 is 10.0 Å². The van der Waals surface area contributed by atoms with Gasteiger partial charge in [0.25, 0.3) is 10.0 Å². The molecule has 0 radical (unpaired) electrons. The summed E-state index contributed by atoms with van der Waals surface area (Å²) in [6, 6.07) is 4.35. The molecule has 2 rings (SSSR count). The molecular formula is C10H12N4O3S2. The number of sulfonamides is 1. The van der Waals surface area contributed by atoms with Gasteiger partial charge in [0.2, 0.25) is 5.13 Å². The average molecular weight is 300 g/mol. The van der Waals surface area contributed by atoms with E-state index in [0.717, 1.165) is 11.5 Å². The first-order chi connectivity index (χ1) is 8.92. The Hall–Kier alpha value is -1.87. The first-order valence-electron chi connectivity index (χ1n) is 5.19. The molecule has 0 saturated carbocycles. The van der Waals surface area contributed by atoms with Crippen LogP contribution in [0.2, 0.25) is 0 Å². The van der Waals surface area contributed by atoms with Crippen LogP contribution in [0.25, 0.3) is 0 Å². The summed E-state index contributed by atoms with van der Waals surface area (Å²) >= 11 is 0.968. The Balaban J connectivity index is 2.34. The van der Waals surface area contributed by atoms with Crippen molar-refractivity contribution in [2.45, 2.75) is 11.8 Å². The smallest absolute Gasteiger partial charge is 0.265 e. The lowest BCUT2D eigenvalue weighted by atomic mass is 10.3. The van der Waals surface area contributed by atoms with Gasteiger partial charge in [-0.3, -0.25) is 4.72 Å². The highest BCUT2D eigenvalue weighted by atomic mass is 32.2. The van der Waals surface area contributed by atoms with Crippen LogP contribution in [0.4, 0.5) is 10.8 Å². The molecule has 0 aliphatic rings. The second kappa shape index (κ2) is 5.02. The van der Waals surface area contributed by atoms with Crippen LogP contribution in [0, 0.1) is 6.92 Å². The molecule has 1 aromatic heterocycles. The predicted molar refractivity (Wildman–Crippen MR) is 72.9 cm³/mol. The number of nitrogens with two attached hydrogens (primary N) is 1. The van der Waals surface area contributed by atoms with Gasteiger partial charge in [0, 0.05) is 17.6 Å². The normalized spacial score (nSPS) is 11.3. The molecule has 9 heteroatoms. The molecule has 0 aliphatic carbocycles. The summed E-state index contributed by atoms with van der Waals surface area (Å²) in [6.45, 7) is 1.68. The fraction of sp³-hybridized carbons (Fsp3) is 0.200. The van der Waals surface area contributed by atoms with E-state index in [2.05, 4.69) is 14.1 Å². The largest absolute Gasteiger partial charge is 0.497 e. The summed E-state index contributed by atoms with van der Waals surface area (Å²) in [5.41, 5.74) is 5.81. The van der Waals surface area contributed by atoms with Crippen LogP contribution in [-0.2, 0) is 10.0 Å². The van der Waals surface area contributed by atoms with Gasteiger partial charge in [-0.2, -0.15) is 4.37 Å². The number of anilines is 2. The Morgan fingerprint density at radius 1 is 1.42 bits per heavy atom. The summed E-state index contributed by atoms with van der Waals surface area (Å²) in [5.74, 6) is 0.994. The second-order valence-electron chi connectivity index (χ2n) is 3.66. The predicted octanol–water partition coefficient (Wildman–Crippen LogP) is 1.24. The van der Waals surface area contributed by atoms with Crippen molar-refractivity contribution in [1.29, 1.82) is 0 Å². The van der Waals surface area contributed by atoms with E-state index in [1.165, 1.54) is 25.3 Å².